The molecule has 1 aliphatic carbocycles. The van der Waals surface area contributed by atoms with E-state index >= 15 is 0 Å². The molecule has 1 N–H and O–H groups in total. The fourth-order valence-electron chi connectivity index (χ4n) is 6.91. The highest BCUT2D eigenvalue weighted by atomic mass is 35.5. The zero-order valence-electron chi connectivity index (χ0n) is 27.7. The van der Waals surface area contributed by atoms with Gasteiger partial charge in [0.1, 0.15) is 5.78 Å². The van der Waals surface area contributed by atoms with Gasteiger partial charge in [-0.2, -0.15) is 0 Å². The van der Waals surface area contributed by atoms with Crippen molar-refractivity contribution in [3.05, 3.63) is 82.4 Å². The number of anilines is 2. The second kappa shape index (κ2) is 14.9. The van der Waals surface area contributed by atoms with Crippen LogP contribution in [0.2, 0.25) is 5.02 Å². The van der Waals surface area contributed by atoms with Crippen LogP contribution >= 0.6 is 11.6 Å². The van der Waals surface area contributed by atoms with Gasteiger partial charge in [-0.25, -0.2) is 0 Å². The Hall–Kier alpha value is -3.55. The van der Waals surface area contributed by atoms with Gasteiger partial charge >= 0.3 is 0 Å². The lowest BCUT2D eigenvalue weighted by Crippen LogP contribution is -2.41. The number of halogens is 1. The maximum atomic E-state index is 13.9. The summed E-state index contributed by atoms with van der Waals surface area (Å²) < 4.78 is 11.8. The van der Waals surface area contributed by atoms with Gasteiger partial charge in [-0.05, 0) is 124 Å². The van der Waals surface area contributed by atoms with Gasteiger partial charge in [0.2, 0.25) is 5.91 Å². The summed E-state index contributed by atoms with van der Waals surface area (Å²) in [6.45, 7) is 6.62. The molecule has 246 valence electrons. The Kier molecular flexibility index (Phi) is 11.0. The van der Waals surface area contributed by atoms with Crippen molar-refractivity contribution in [1.82, 2.24) is 0 Å². The van der Waals surface area contributed by atoms with E-state index in [0.717, 1.165) is 60.3 Å². The third-order valence-corrected chi connectivity index (χ3v) is 9.60. The first-order chi connectivity index (χ1) is 22.0. The maximum Gasteiger partial charge on any atom is 0.232 e. The number of amides is 1. The molecule has 0 unspecified atom stereocenters. The molecule has 1 fully saturated rings. The van der Waals surface area contributed by atoms with E-state index in [2.05, 4.69) is 24.1 Å². The molecule has 3 aromatic carbocycles. The number of aliphatic hydroxyl groups excluding tert-OH is 1. The van der Waals surface area contributed by atoms with Crippen LogP contribution in [0.1, 0.15) is 82.0 Å². The van der Waals surface area contributed by atoms with Crippen molar-refractivity contribution in [2.45, 2.75) is 84.0 Å². The van der Waals surface area contributed by atoms with Crippen LogP contribution in [0.3, 0.4) is 0 Å². The monoisotopic (exact) mass is 646 g/mol. The van der Waals surface area contributed by atoms with Crippen LogP contribution in [0.4, 0.5) is 11.4 Å². The minimum atomic E-state index is -0.422. The first-order valence-electron chi connectivity index (χ1n) is 16.5. The van der Waals surface area contributed by atoms with Gasteiger partial charge < -0.3 is 24.4 Å². The summed E-state index contributed by atoms with van der Waals surface area (Å²) in [5, 5.41) is 10.2. The highest BCUT2D eigenvalue weighted by molar-refractivity contribution is 6.30. The molecule has 1 saturated carbocycles. The molecule has 3 aromatic rings. The number of nitrogens with zero attached hydrogens (tertiary/aromatic N) is 2. The molecule has 0 aromatic heterocycles. The number of methoxy groups -OCH3 is 1. The van der Waals surface area contributed by atoms with Crippen molar-refractivity contribution in [3.63, 3.8) is 0 Å². The average molecular weight is 647 g/mol. The summed E-state index contributed by atoms with van der Waals surface area (Å²) in [5.41, 5.74) is 4.79. The Labute approximate surface area is 278 Å². The summed E-state index contributed by atoms with van der Waals surface area (Å²) in [6.07, 6.45) is 4.74. The number of Topliss-reactive ketones (excluding diaryl/α,β-unsaturated/α-hetero) is 1. The largest absolute Gasteiger partial charge is 0.493 e. The van der Waals surface area contributed by atoms with Gasteiger partial charge in [-0.3, -0.25) is 9.59 Å². The van der Waals surface area contributed by atoms with Gasteiger partial charge in [-0.15, -0.1) is 0 Å². The predicted octanol–water partition coefficient (Wildman–Crippen LogP) is 7.79. The van der Waals surface area contributed by atoms with Crippen molar-refractivity contribution in [2.75, 3.05) is 30.5 Å². The second-order valence-electron chi connectivity index (χ2n) is 13.2. The number of carbonyl (C=O) groups is 2. The van der Waals surface area contributed by atoms with Crippen molar-refractivity contribution in [1.29, 1.82) is 0 Å². The van der Waals surface area contributed by atoms with Gasteiger partial charge in [0.05, 0.1) is 31.8 Å². The lowest BCUT2D eigenvalue weighted by Gasteiger charge is -2.38. The number of aliphatic hydroxyl groups is 1. The predicted molar refractivity (Wildman–Crippen MR) is 184 cm³/mol. The SMILES string of the molecule is COc1cc2c(cc1OC(C)C)[C@H](c1ccc(Cl)cc1)N(c1ccc(N(C)CC3CCC(C(=O)CC[C@H](C)O)CC3)cc1)C(=O)C2. The number of benzene rings is 3. The van der Waals surface area contributed by atoms with E-state index in [1.54, 1.807) is 14.0 Å². The molecule has 1 aliphatic heterocycles. The number of rotatable bonds is 12. The standard InChI is InChI=1S/C38H47ClN2O5/c1-24(2)46-36-22-33-29(20-35(36)45-5)21-37(44)41(38(33)28-11-13-30(39)14-12-28)32-17-15-31(16-18-32)40(4)23-26-7-9-27(10-8-26)34(43)19-6-25(3)42/h11-18,20,22,24-27,38,42H,6-10,19,21,23H2,1-5H3/t25-,26?,27?,38-/m0/s1. The summed E-state index contributed by atoms with van der Waals surface area (Å²) in [4.78, 5) is 30.6. The molecule has 1 heterocycles. The molecule has 2 atom stereocenters. The Bertz CT molecular complexity index is 1500. The first kappa shape index (κ1) is 33.8. The third kappa shape index (κ3) is 7.87. The van der Waals surface area contributed by atoms with Crippen molar-refractivity contribution in [2.24, 2.45) is 11.8 Å². The van der Waals surface area contributed by atoms with Crippen LogP contribution in [0.15, 0.2) is 60.7 Å². The van der Waals surface area contributed by atoms with Crippen molar-refractivity contribution < 1.29 is 24.2 Å². The van der Waals surface area contributed by atoms with Gasteiger partial charge in [0, 0.05) is 42.3 Å². The smallest absolute Gasteiger partial charge is 0.232 e. The normalized spacial score (nSPS) is 20.3. The fourth-order valence-corrected chi connectivity index (χ4v) is 7.04. The van der Waals surface area contributed by atoms with Gasteiger partial charge in [0.25, 0.3) is 0 Å². The van der Waals surface area contributed by atoms with E-state index in [1.807, 2.05) is 67.3 Å². The fraction of sp³-hybridized carbons (Fsp3) is 0.474. The molecule has 0 radical (unpaired) electrons. The van der Waals surface area contributed by atoms with Crippen LogP contribution in [0.5, 0.6) is 11.5 Å². The first-order valence-corrected chi connectivity index (χ1v) is 16.9. The number of ether oxygens (including phenoxy) is 2. The zero-order valence-corrected chi connectivity index (χ0v) is 28.4. The Morgan fingerprint density at radius 3 is 2.28 bits per heavy atom. The van der Waals surface area contributed by atoms with E-state index in [4.69, 9.17) is 21.1 Å². The van der Waals surface area contributed by atoms with Crippen LogP contribution in [0.25, 0.3) is 0 Å². The van der Waals surface area contributed by atoms with Crippen LogP contribution in [0, 0.1) is 11.8 Å². The Balaban J connectivity index is 1.35. The Morgan fingerprint density at radius 2 is 1.67 bits per heavy atom. The van der Waals surface area contributed by atoms with Crippen LogP contribution in [-0.4, -0.2) is 49.7 Å². The van der Waals surface area contributed by atoms with E-state index in [0.29, 0.717) is 41.1 Å². The number of hydrogen-bond acceptors (Lipinski definition) is 6. The molecule has 46 heavy (non-hydrogen) atoms. The molecule has 7 nitrogen and oxygen atoms in total. The minimum absolute atomic E-state index is 0.00730. The molecule has 5 rings (SSSR count). The quantitative estimate of drug-likeness (QED) is 0.216. The summed E-state index contributed by atoms with van der Waals surface area (Å²) in [6, 6.07) is 19.5. The maximum absolute atomic E-state index is 13.9. The molecule has 0 saturated heterocycles. The lowest BCUT2D eigenvalue weighted by atomic mass is 9.79. The van der Waals surface area contributed by atoms with Gasteiger partial charge in [-0.1, -0.05) is 23.7 Å². The molecule has 1 amide bonds. The summed E-state index contributed by atoms with van der Waals surface area (Å²) in [7, 11) is 3.73. The Morgan fingerprint density at radius 1 is 1.00 bits per heavy atom. The minimum Gasteiger partial charge on any atom is -0.493 e. The van der Waals surface area contributed by atoms with E-state index < -0.39 is 6.10 Å². The highest BCUT2D eigenvalue weighted by Crippen LogP contribution is 2.44. The van der Waals surface area contributed by atoms with E-state index in [1.165, 1.54) is 0 Å². The second-order valence-corrected chi connectivity index (χ2v) is 13.7. The zero-order chi connectivity index (χ0) is 33.0. The van der Waals surface area contributed by atoms with Crippen LogP contribution in [-0.2, 0) is 16.0 Å². The summed E-state index contributed by atoms with van der Waals surface area (Å²) >= 11 is 6.27. The third-order valence-electron chi connectivity index (χ3n) is 9.35. The van der Waals surface area contributed by atoms with E-state index in [9.17, 15) is 14.7 Å². The molecular weight excluding hydrogens is 600 g/mol. The van der Waals surface area contributed by atoms with Crippen molar-refractivity contribution >= 4 is 34.7 Å². The number of hydrogen-bond donors (Lipinski definition) is 1. The molecule has 0 spiro atoms. The molecule has 8 heteroatoms. The highest BCUT2D eigenvalue weighted by Gasteiger charge is 2.36. The van der Waals surface area contributed by atoms with Crippen LogP contribution < -0.4 is 19.3 Å². The average Bonchev–Trinajstić information content (AvgIpc) is 3.03. The van der Waals surface area contributed by atoms with Crippen molar-refractivity contribution in [3.8, 4) is 11.5 Å². The van der Waals surface area contributed by atoms with Gasteiger partial charge in [0.15, 0.2) is 11.5 Å². The molecular formula is C38H47ClN2O5. The van der Waals surface area contributed by atoms with E-state index in [-0.39, 0.29) is 30.4 Å². The summed E-state index contributed by atoms with van der Waals surface area (Å²) in [5.74, 6) is 2.24. The molecule has 0 bridgehead atoms. The number of carbonyl (C=O) groups excluding carboxylic acids is 2. The topological polar surface area (TPSA) is 79.3 Å². The number of fused-ring (bicyclic) bond motifs is 1. The lowest BCUT2D eigenvalue weighted by molar-refractivity contribution is -0.124. The molecule has 2 aliphatic rings. The number of ketones is 1.